The maximum absolute atomic E-state index is 11.8. The first-order chi connectivity index (χ1) is 8.11. The average molecular weight is 232 g/mol. The van der Waals surface area contributed by atoms with E-state index in [1.165, 1.54) is 0 Å². The first kappa shape index (κ1) is 11.8. The number of para-hydroxylation sites is 1. The SMILES string of the molecule is CC(C)NCCN1C(=O)C(=O)c2ccccc21. The van der Waals surface area contributed by atoms with Gasteiger partial charge in [0.2, 0.25) is 0 Å². The number of rotatable bonds is 4. The van der Waals surface area contributed by atoms with Crippen molar-refractivity contribution in [3.63, 3.8) is 0 Å². The normalized spacial score (nSPS) is 14.6. The molecule has 1 aliphatic rings. The van der Waals surface area contributed by atoms with E-state index in [2.05, 4.69) is 5.32 Å². The number of nitrogens with zero attached hydrogens (tertiary/aromatic N) is 1. The Hall–Kier alpha value is -1.68. The van der Waals surface area contributed by atoms with Gasteiger partial charge in [0.05, 0.1) is 11.3 Å². The molecule has 17 heavy (non-hydrogen) atoms. The molecule has 1 aliphatic heterocycles. The van der Waals surface area contributed by atoms with Gasteiger partial charge < -0.3 is 10.2 Å². The number of fused-ring (bicyclic) bond motifs is 1. The van der Waals surface area contributed by atoms with E-state index in [1.54, 1.807) is 17.0 Å². The van der Waals surface area contributed by atoms with Gasteiger partial charge in [-0.25, -0.2) is 0 Å². The highest BCUT2D eigenvalue weighted by Gasteiger charge is 2.34. The van der Waals surface area contributed by atoms with Crippen LogP contribution in [0.5, 0.6) is 0 Å². The molecule has 4 nitrogen and oxygen atoms in total. The lowest BCUT2D eigenvalue weighted by molar-refractivity contribution is -0.114. The van der Waals surface area contributed by atoms with E-state index in [1.807, 2.05) is 26.0 Å². The third kappa shape index (κ3) is 2.22. The highest BCUT2D eigenvalue weighted by Crippen LogP contribution is 2.27. The van der Waals surface area contributed by atoms with Crippen molar-refractivity contribution in [3.05, 3.63) is 29.8 Å². The van der Waals surface area contributed by atoms with Crippen molar-refractivity contribution in [2.75, 3.05) is 18.0 Å². The number of nitrogens with one attached hydrogen (secondary N) is 1. The van der Waals surface area contributed by atoms with Gasteiger partial charge in [0.15, 0.2) is 0 Å². The maximum atomic E-state index is 11.8. The minimum atomic E-state index is -0.420. The zero-order valence-corrected chi connectivity index (χ0v) is 10.1. The first-order valence-corrected chi connectivity index (χ1v) is 5.80. The van der Waals surface area contributed by atoms with Crippen LogP contribution >= 0.6 is 0 Å². The van der Waals surface area contributed by atoms with Crippen LogP contribution in [0.4, 0.5) is 5.69 Å². The molecule has 0 saturated carbocycles. The Morgan fingerprint density at radius 3 is 2.65 bits per heavy atom. The van der Waals surface area contributed by atoms with Crippen LogP contribution in [0.2, 0.25) is 0 Å². The topological polar surface area (TPSA) is 49.4 Å². The second-order valence-electron chi connectivity index (χ2n) is 4.41. The number of anilines is 1. The molecule has 0 bridgehead atoms. The number of ketones is 1. The Balaban J connectivity index is 2.13. The van der Waals surface area contributed by atoms with Gasteiger partial charge in [-0.2, -0.15) is 0 Å². The summed E-state index contributed by atoms with van der Waals surface area (Å²) in [7, 11) is 0. The number of Topliss-reactive ketones (excluding diaryl/α,β-unsaturated/α-hetero) is 1. The van der Waals surface area contributed by atoms with E-state index in [-0.39, 0.29) is 0 Å². The Kier molecular flexibility index (Phi) is 3.24. The lowest BCUT2D eigenvalue weighted by Crippen LogP contribution is -2.37. The molecular weight excluding hydrogens is 216 g/mol. The van der Waals surface area contributed by atoms with Crippen LogP contribution in [0, 0.1) is 0 Å². The van der Waals surface area contributed by atoms with Crippen LogP contribution in [0.1, 0.15) is 24.2 Å². The molecule has 0 unspecified atom stereocenters. The highest BCUT2D eigenvalue weighted by molar-refractivity contribution is 6.52. The Labute approximate surface area is 101 Å². The molecule has 0 aliphatic carbocycles. The molecule has 90 valence electrons. The van der Waals surface area contributed by atoms with Gasteiger partial charge in [-0.15, -0.1) is 0 Å². The van der Waals surface area contributed by atoms with Crippen molar-refractivity contribution in [1.29, 1.82) is 0 Å². The predicted molar refractivity (Wildman–Crippen MR) is 66.3 cm³/mol. The third-order valence-electron chi connectivity index (χ3n) is 2.77. The quantitative estimate of drug-likeness (QED) is 0.794. The van der Waals surface area contributed by atoms with E-state index in [4.69, 9.17) is 0 Å². The summed E-state index contributed by atoms with van der Waals surface area (Å²) in [5.41, 5.74) is 1.25. The third-order valence-corrected chi connectivity index (χ3v) is 2.77. The van der Waals surface area contributed by atoms with Crippen LogP contribution in [0.15, 0.2) is 24.3 Å². The van der Waals surface area contributed by atoms with Gasteiger partial charge in [-0.1, -0.05) is 26.0 Å². The van der Waals surface area contributed by atoms with Crippen LogP contribution in [0.25, 0.3) is 0 Å². The van der Waals surface area contributed by atoms with Crippen molar-refractivity contribution in [3.8, 4) is 0 Å². The molecule has 0 spiro atoms. The van der Waals surface area contributed by atoms with E-state index in [0.29, 0.717) is 24.7 Å². The van der Waals surface area contributed by atoms with Crippen molar-refractivity contribution in [2.45, 2.75) is 19.9 Å². The molecule has 1 N–H and O–H groups in total. The van der Waals surface area contributed by atoms with Gasteiger partial charge in [0, 0.05) is 19.1 Å². The van der Waals surface area contributed by atoms with E-state index >= 15 is 0 Å². The Morgan fingerprint density at radius 1 is 1.24 bits per heavy atom. The molecule has 0 fully saturated rings. The second-order valence-corrected chi connectivity index (χ2v) is 4.41. The van der Waals surface area contributed by atoms with Crippen molar-refractivity contribution < 1.29 is 9.59 Å². The van der Waals surface area contributed by atoms with Crippen LogP contribution in [0.3, 0.4) is 0 Å². The van der Waals surface area contributed by atoms with Crippen LogP contribution in [-0.4, -0.2) is 30.8 Å². The summed E-state index contributed by atoms with van der Waals surface area (Å²) in [5, 5.41) is 3.23. The van der Waals surface area contributed by atoms with Crippen molar-refractivity contribution >= 4 is 17.4 Å². The minimum Gasteiger partial charge on any atom is -0.313 e. The number of carbonyl (C=O) groups is 2. The molecule has 0 atom stereocenters. The molecule has 0 aromatic heterocycles. The van der Waals surface area contributed by atoms with Crippen molar-refractivity contribution in [2.24, 2.45) is 0 Å². The van der Waals surface area contributed by atoms with Gasteiger partial charge in [-0.05, 0) is 12.1 Å². The predicted octanol–water partition coefficient (Wildman–Crippen LogP) is 1.21. The highest BCUT2D eigenvalue weighted by atomic mass is 16.2. The largest absolute Gasteiger partial charge is 0.313 e. The fourth-order valence-corrected chi connectivity index (χ4v) is 1.94. The Bertz CT molecular complexity index is 454. The smallest absolute Gasteiger partial charge is 0.299 e. The van der Waals surface area contributed by atoms with Crippen molar-refractivity contribution in [1.82, 2.24) is 5.32 Å². The second kappa shape index (κ2) is 4.67. The summed E-state index contributed by atoms with van der Waals surface area (Å²) in [6.45, 7) is 5.31. The molecule has 1 heterocycles. The Morgan fingerprint density at radius 2 is 1.94 bits per heavy atom. The van der Waals surface area contributed by atoms with Gasteiger partial charge in [0.1, 0.15) is 0 Å². The summed E-state index contributed by atoms with van der Waals surface area (Å²) in [6, 6.07) is 7.51. The molecule has 4 heteroatoms. The number of hydrogen-bond acceptors (Lipinski definition) is 3. The van der Waals surface area contributed by atoms with E-state index in [9.17, 15) is 9.59 Å². The minimum absolute atomic E-state index is 0.374. The number of hydrogen-bond donors (Lipinski definition) is 1. The molecule has 1 aromatic carbocycles. The number of benzene rings is 1. The molecule has 1 amide bonds. The summed E-state index contributed by atoms with van der Waals surface area (Å²) in [6.07, 6.45) is 0. The molecule has 1 aromatic rings. The summed E-state index contributed by atoms with van der Waals surface area (Å²) < 4.78 is 0. The summed E-state index contributed by atoms with van der Waals surface area (Å²) >= 11 is 0. The number of amides is 1. The molecule has 0 radical (unpaired) electrons. The fourth-order valence-electron chi connectivity index (χ4n) is 1.94. The van der Waals surface area contributed by atoms with E-state index < -0.39 is 11.7 Å². The zero-order valence-electron chi connectivity index (χ0n) is 10.1. The zero-order chi connectivity index (χ0) is 12.4. The molecule has 2 rings (SSSR count). The summed E-state index contributed by atoms with van der Waals surface area (Å²) in [5.74, 6) is -0.818. The lowest BCUT2D eigenvalue weighted by Gasteiger charge is -2.17. The standard InChI is InChI=1S/C13H16N2O2/c1-9(2)14-7-8-15-11-6-4-3-5-10(11)12(16)13(15)17/h3-6,9,14H,7-8H2,1-2H3. The van der Waals surface area contributed by atoms with Gasteiger partial charge in [-0.3, -0.25) is 9.59 Å². The average Bonchev–Trinajstić information content (AvgIpc) is 2.54. The molecular formula is C13H16N2O2. The van der Waals surface area contributed by atoms with Crippen LogP contribution < -0.4 is 10.2 Å². The summed E-state index contributed by atoms with van der Waals surface area (Å²) in [4.78, 5) is 25.0. The maximum Gasteiger partial charge on any atom is 0.299 e. The molecule has 0 saturated heterocycles. The monoisotopic (exact) mass is 232 g/mol. The van der Waals surface area contributed by atoms with Gasteiger partial charge in [0.25, 0.3) is 11.7 Å². The fraction of sp³-hybridized carbons (Fsp3) is 0.385. The lowest BCUT2D eigenvalue weighted by atomic mass is 10.1. The number of carbonyl (C=O) groups excluding carboxylic acids is 2. The first-order valence-electron chi connectivity index (χ1n) is 5.80. The van der Waals surface area contributed by atoms with E-state index in [0.717, 1.165) is 5.69 Å². The van der Waals surface area contributed by atoms with Crippen LogP contribution in [-0.2, 0) is 4.79 Å². The van der Waals surface area contributed by atoms with Gasteiger partial charge >= 0.3 is 0 Å².